The first-order valence-electron chi connectivity index (χ1n) is 5.87. The van der Waals surface area contributed by atoms with Crippen molar-refractivity contribution in [3.8, 4) is 0 Å². The molecule has 0 spiro atoms. The van der Waals surface area contributed by atoms with Crippen molar-refractivity contribution in [3.05, 3.63) is 41.1 Å². The number of rotatable bonds is 5. The maximum absolute atomic E-state index is 11.6. The molecule has 6 nitrogen and oxygen atoms in total. The van der Waals surface area contributed by atoms with E-state index in [1.165, 1.54) is 14.2 Å². The van der Waals surface area contributed by atoms with Crippen molar-refractivity contribution in [2.45, 2.75) is 13.5 Å². The van der Waals surface area contributed by atoms with Crippen molar-refractivity contribution in [2.75, 3.05) is 19.5 Å². The van der Waals surface area contributed by atoms with Crippen LogP contribution >= 0.6 is 0 Å². The number of esters is 2. The van der Waals surface area contributed by atoms with Gasteiger partial charge < -0.3 is 19.9 Å². The molecule has 0 saturated carbocycles. The summed E-state index contributed by atoms with van der Waals surface area (Å²) >= 11 is 0. The second-order valence-corrected chi connectivity index (χ2v) is 4.01. The minimum absolute atomic E-state index is 0.0439. The van der Waals surface area contributed by atoms with Crippen LogP contribution in [0.2, 0.25) is 0 Å². The molecular weight excluding hydrogens is 262 g/mol. The van der Waals surface area contributed by atoms with E-state index in [0.29, 0.717) is 11.3 Å². The van der Waals surface area contributed by atoms with Gasteiger partial charge in [0.05, 0.1) is 26.9 Å². The summed E-state index contributed by atoms with van der Waals surface area (Å²) in [4.78, 5) is 22.9. The Hall–Kier alpha value is -2.34. The predicted molar refractivity (Wildman–Crippen MR) is 72.8 cm³/mol. The molecule has 0 amide bonds. The lowest BCUT2D eigenvalue weighted by Gasteiger charge is -2.12. The number of aryl methyl sites for hydroxylation is 1. The van der Waals surface area contributed by atoms with Crippen LogP contribution in [-0.4, -0.2) is 31.3 Å². The summed E-state index contributed by atoms with van der Waals surface area (Å²) in [6.45, 7) is 1.71. The number of benzene rings is 1. The molecule has 6 heteroatoms. The number of hydrogen-bond donors (Lipinski definition) is 2. The Morgan fingerprint density at radius 1 is 1.30 bits per heavy atom. The van der Waals surface area contributed by atoms with Gasteiger partial charge in [0.1, 0.15) is 5.70 Å². The van der Waals surface area contributed by atoms with Crippen LogP contribution in [0.25, 0.3) is 0 Å². The smallest absolute Gasteiger partial charge is 0.354 e. The SMILES string of the molecule is COC(=O)/C=C(/Nc1cc(CO)ccc1C)C(=O)OC. The van der Waals surface area contributed by atoms with Gasteiger partial charge in [-0.1, -0.05) is 12.1 Å². The molecule has 0 aliphatic rings. The number of anilines is 1. The van der Waals surface area contributed by atoms with Crippen LogP contribution in [0, 0.1) is 6.92 Å². The summed E-state index contributed by atoms with van der Waals surface area (Å²) in [5, 5.41) is 11.9. The van der Waals surface area contributed by atoms with Crippen LogP contribution < -0.4 is 5.32 Å². The molecule has 1 aromatic carbocycles. The first-order chi connectivity index (χ1) is 9.51. The Morgan fingerprint density at radius 2 is 2.00 bits per heavy atom. The van der Waals surface area contributed by atoms with E-state index in [4.69, 9.17) is 5.11 Å². The number of aliphatic hydroxyl groups is 1. The molecule has 0 saturated heterocycles. The maximum atomic E-state index is 11.6. The first kappa shape index (κ1) is 15.7. The molecule has 0 heterocycles. The van der Waals surface area contributed by atoms with Crippen molar-refractivity contribution in [1.82, 2.24) is 0 Å². The largest absolute Gasteiger partial charge is 0.466 e. The Bertz CT molecular complexity index is 536. The van der Waals surface area contributed by atoms with Gasteiger partial charge in [-0.3, -0.25) is 0 Å². The van der Waals surface area contributed by atoms with E-state index in [1.54, 1.807) is 18.2 Å². The fourth-order valence-corrected chi connectivity index (χ4v) is 1.48. The Labute approximate surface area is 117 Å². The van der Waals surface area contributed by atoms with Gasteiger partial charge in [0.15, 0.2) is 0 Å². The molecule has 0 aromatic heterocycles. The van der Waals surface area contributed by atoms with E-state index in [9.17, 15) is 9.59 Å². The van der Waals surface area contributed by atoms with E-state index in [0.717, 1.165) is 11.6 Å². The molecule has 2 N–H and O–H groups in total. The lowest BCUT2D eigenvalue weighted by molar-refractivity contribution is -0.138. The first-order valence-corrected chi connectivity index (χ1v) is 5.87. The van der Waals surface area contributed by atoms with Gasteiger partial charge in [-0.2, -0.15) is 0 Å². The summed E-state index contributed by atoms with van der Waals surface area (Å²) < 4.78 is 9.08. The van der Waals surface area contributed by atoms with Crippen LogP contribution in [-0.2, 0) is 25.7 Å². The van der Waals surface area contributed by atoms with Gasteiger partial charge in [0.25, 0.3) is 0 Å². The van der Waals surface area contributed by atoms with Gasteiger partial charge in [-0.25, -0.2) is 9.59 Å². The molecule has 0 aliphatic carbocycles. The highest BCUT2D eigenvalue weighted by Crippen LogP contribution is 2.19. The highest BCUT2D eigenvalue weighted by Gasteiger charge is 2.14. The van der Waals surface area contributed by atoms with Crippen molar-refractivity contribution in [3.63, 3.8) is 0 Å². The summed E-state index contributed by atoms with van der Waals surface area (Å²) in [5.74, 6) is -1.36. The second-order valence-electron chi connectivity index (χ2n) is 4.01. The molecule has 1 rings (SSSR count). The molecule has 0 fully saturated rings. The third kappa shape index (κ3) is 4.10. The number of aliphatic hydroxyl groups excluding tert-OH is 1. The quantitative estimate of drug-likeness (QED) is 0.621. The third-order valence-electron chi connectivity index (χ3n) is 2.62. The topological polar surface area (TPSA) is 84.9 Å². The van der Waals surface area contributed by atoms with Gasteiger partial charge in [0.2, 0.25) is 0 Å². The standard InChI is InChI=1S/C14H17NO5/c1-9-4-5-10(8-16)6-11(9)15-12(14(18)20-3)7-13(17)19-2/h4-7,15-16H,8H2,1-3H3/b12-7+. The van der Waals surface area contributed by atoms with Crippen LogP contribution in [0.3, 0.4) is 0 Å². The van der Waals surface area contributed by atoms with Gasteiger partial charge in [-0.05, 0) is 24.1 Å². The van der Waals surface area contributed by atoms with E-state index in [1.807, 2.05) is 6.92 Å². The summed E-state index contributed by atoms with van der Waals surface area (Å²) in [5.41, 5.74) is 2.08. The van der Waals surface area contributed by atoms with E-state index < -0.39 is 11.9 Å². The fourth-order valence-electron chi connectivity index (χ4n) is 1.48. The number of hydrogen-bond acceptors (Lipinski definition) is 6. The Morgan fingerprint density at radius 3 is 2.55 bits per heavy atom. The third-order valence-corrected chi connectivity index (χ3v) is 2.62. The van der Waals surface area contributed by atoms with Gasteiger partial charge in [-0.15, -0.1) is 0 Å². The minimum atomic E-state index is -0.691. The monoisotopic (exact) mass is 279 g/mol. The number of nitrogens with one attached hydrogen (secondary N) is 1. The van der Waals surface area contributed by atoms with Crippen molar-refractivity contribution in [1.29, 1.82) is 0 Å². The normalized spacial score (nSPS) is 10.9. The highest BCUT2D eigenvalue weighted by atomic mass is 16.5. The van der Waals surface area contributed by atoms with E-state index >= 15 is 0 Å². The minimum Gasteiger partial charge on any atom is -0.466 e. The number of carbonyl (C=O) groups excluding carboxylic acids is 2. The lowest BCUT2D eigenvalue weighted by Crippen LogP contribution is -2.16. The van der Waals surface area contributed by atoms with Crippen LogP contribution in [0.15, 0.2) is 30.0 Å². The molecule has 20 heavy (non-hydrogen) atoms. The van der Waals surface area contributed by atoms with E-state index in [2.05, 4.69) is 14.8 Å². The molecule has 1 aromatic rings. The maximum Gasteiger partial charge on any atom is 0.354 e. The number of carbonyl (C=O) groups is 2. The van der Waals surface area contributed by atoms with Crippen LogP contribution in [0.4, 0.5) is 5.69 Å². The molecular formula is C14H17NO5. The Balaban J connectivity index is 3.09. The molecule has 108 valence electrons. The van der Waals surface area contributed by atoms with Gasteiger partial charge in [0, 0.05) is 5.69 Å². The molecule has 0 radical (unpaired) electrons. The molecule has 0 unspecified atom stereocenters. The second kappa shape index (κ2) is 7.30. The van der Waals surface area contributed by atoms with Crippen molar-refractivity contribution in [2.24, 2.45) is 0 Å². The van der Waals surface area contributed by atoms with E-state index in [-0.39, 0.29) is 12.3 Å². The summed E-state index contributed by atoms with van der Waals surface area (Å²) in [6.07, 6.45) is 1.01. The zero-order valence-corrected chi connectivity index (χ0v) is 11.6. The lowest BCUT2D eigenvalue weighted by atomic mass is 10.1. The zero-order chi connectivity index (χ0) is 15.1. The average Bonchev–Trinajstić information content (AvgIpc) is 2.47. The molecule has 0 aliphatic heterocycles. The average molecular weight is 279 g/mol. The van der Waals surface area contributed by atoms with Crippen LogP contribution in [0.1, 0.15) is 11.1 Å². The fraction of sp³-hybridized carbons (Fsp3) is 0.286. The zero-order valence-electron chi connectivity index (χ0n) is 11.6. The Kier molecular flexibility index (Phi) is 5.74. The van der Waals surface area contributed by atoms with Crippen molar-refractivity contribution >= 4 is 17.6 Å². The predicted octanol–water partition coefficient (Wildman–Crippen LogP) is 1.13. The number of ether oxygens (including phenoxy) is 2. The van der Waals surface area contributed by atoms with Crippen LogP contribution in [0.5, 0.6) is 0 Å². The van der Waals surface area contributed by atoms with Crippen molar-refractivity contribution < 1.29 is 24.2 Å². The van der Waals surface area contributed by atoms with Gasteiger partial charge >= 0.3 is 11.9 Å². The molecule has 0 atom stereocenters. The number of methoxy groups -OCH3 is 2. The summed E-state index contributed by atoms with van der Waals surface area (Å²) in [6, 6.07) is 5.24. The summed E-state index contributed by atoms with van der Waals surface area (Å²) in [7, 11) is 2.43. The molecule has 0 bridgehead atoms. The highest BCUT2D eigenvalue weighted by molar-refractivity contribution is 5.98.